The van der Waals surface area contributed by atoms with Crippen LogP contribution in [0.15, 0.2) is 12.2 Å². The number of carbonyl (C=O) groups is 2. The quantitative estimate of drug-likeness (QED) is 0.335. The van der Waals surface area contributed by atoms with E-state index in [1.165, 1.54) is 19.3 Å². The highest BCUT2D eigenvalue weighted by molar-refractivity contribution is 5.84. The van der Waals surface area contributed by atoms with Crippen LogP contribution in [-0.4, -0.2) is 28.1 Å². The molecule has 1 rings (SSSR count). The number of unbranched alkanes of at least 4 members (excludes halogenated alkanes) is 4. The molecular weight excluding hydrogens is 316 g/mol. The van der Waals surface area contributed by atoms with Gasteiger partial charge in [0.05, 0.1) is 12.5 Å². The second-order valence-corrected chi connectivity index (χ2v) is 6.88. The molecule has 25 heavy (non-hydrogen) atoms. The summed E-state index contributed by atoms with van der Waals surface area (Å²) in [6, 6.07) is 0. The topological polar surface area (TPSA) is 74.6 Å². The molecular formula is C21H32O4. The molecule has 0 amide bonds. The van der Waals surface area contributed by atoms with Crippen LogP contribution in [0.2, 0.25) is 0 Å². The van der Waals surface area contributed by atoms with E-state index in [1.807, 2.05) is 12.2 Å². The van der Waals surface area contributed by atoms with Crippen molar-refractivity contribution >= 4 is 11.8 Å². The minimum Gasteiger partial charge on any atom is -0.481 e. The molecule has 0 heterocycles. The molecule has 0 aromatic heterocycles. The van der Waals surface area contributed by atoms with Gasteiger partial charge in [-0.3, -0.25) is 9.59 Å². The van der Waals surface area contributed by atoms with Gasteiger partial charge in [0, 0.05) is 25.2 Å². The Bertz CT molecular complexity index is 498. The average Bonchev–Trinajstić information content (AvgIpc) is 2.92. The number of carboxylic acids is 1. The Morgan fingerprint density at radius 1 is 1.28 bits per heavy atom. The van der Waals surface area contributed by atoms with E-state index in [2.05, 4.69) is 18.8 Å². The van der Waals surface area contributed by atoms with Crippen molar-refractivity contribution in [3.05, 3.63) is 12.2 Å². The zero-order valence-corrected chi connectivity index (χ0v) is 15.4. The van der Waals surface area contributed by atoms with Crippen LogP contribution < -0.4 is 0 Å². The molecule has 0 aromatic rings. The number of Topliss-reactive ketones (excluding diaryl/α,β-unsaturated/α-hetero) is 1. The van der Waals surface area contributed by atoms with Crippen LogP contribution in [0.4, 0.5) is 0 Å². The van der Waals surface area contributed by atoms with Crippen LogP contribution >= 0.6 is 0 Å². The van der Waals surface area contributed by atoms with Gasteiger partial charge >= 0.3 is 5.97 Å². The van der Waals surface area contributed by atoms with Crippen LogP contribution in [0.1, 0.15) is 77.6 Å². The number of aliphatic carboxylic acids is 1. The SMILES string of the molecule is CCCCCCCC(O)C=CC1CCC(=O)C1CC#CCCC(=O)O. The van der Waals surface area contributed by atoms with Crippen LogP contribution in [-0.2, 0) is 9.59 Å². The normalized spacial score (nSPS) is 21.3. The molecule has 3 unspecified atom stereocenters. The largest absolute Gasteiger partial charge is 0.481 e. The molecule has 1 fully saturated rings. The molecule has 0 saturated heterocycles. The van der Waals surface area contributed by atoms with Crippen molar-refractivity contribution in [2.75, 3.05) is 0 Å². The lowest BCUT2D eigenvalue weighted by molar-refractivity contribution is -0.136. The molecule has 1 aliphatic carbocycles. The van der Waals surface area contributed by atoms with E-state index in [-0.39, 0.29) is 24.0 Å². The highest BCUT2D eigenvalue weighted by atomic mass is 16.4. The van der Waals surface area contributed by atoms with Crippen molar-refractivity contribution in [2.45, 2.75) is 83.7 Å². The molecule has 0 aliphatic heterocycles. The van der Waals surface area contributed by atoms with Gasteiger partial charge in [-0.05, 0) is 18.8 Å². The summed E-state index contributed by atoms with van der Waals surface area (Å²) in [6.07, 6.45) is 12.3. The van der Waals surface area contributed by atoms with Crippen molar-refractivity contribution in [3.63, 3.8) is 0 Å². The van der Waals surface area contributed by atoms with E-state index < -0.39 is 12.1 Å². The van der Waals surface area contributed by atoms with Crippen LogP contribution in [0.25, 0.3) is 0 Å². The summed E-state index contributed by atoms with van der Waals surface area (Å²) in [6.45, 7) is 2.19. The van der Waals surface area contributed by atoms with E-state index >= 15 is 0 Å². The number of allylic oxidation sites excluding steroid dienone is 1. The van der Waals surface area contributed by atoms with E-state index in [1.54, 1.807) is 0 Å². The molecule has 3 atom stereocenters. The summed E-state index contributed by atoms with van der Waals surface area (Å²) in [5, 5.41) is 18.6. The summed E-state index contributed by atoms with van der Waals surface area (Å²) < 4.78 is 0. The molecule has 0 radical (unpaired) electrons. The fraction of sp³-hybridized carbons (Fsp3) is 0.714. The Labute approximate surface area is 151 Å². The van der Waals surface area contributed by atoms with Gasteiger partial charge in [0.25, 0.3) is 0 Å². The highest BCUT2D eigenvalue weighted by Crippen LogP contribution is 2.32. The number of rotatable bonds is 11. The molecule has 2 N–H and O–H groups in total. The van der Waals surface area contributed by atoms with Gasteiger partial charge in [0.15, 0.2) is 0 Å². The van der Waals surface area contributed by atoms with E-state index in [0.29, 0.717) is 19.3 Å². The third-order valence-electron chi connectivity index (χ3n) is 4.75. The molecule has 140 valence electrons. The molecule has 0 bridgehead atoms. The van der Waals surface area contributed by atoms with Gasteiger partial charge < -0.3 is 10.2 Å². The molecule has 0 aromatic carbocycles. The summed E-state index contributed by atoms with van der Waals surface area (Å²) >= 11 is 0. The Balaban J connectivity index is 2.36. The predicted molar refractivity (Wildman–Crippen MR) is 99.0 cm³/mol. The smallest absolute Gasteiger partial charge is 0.304 e. The van der Waals surface area contributed by atoms with E-state index in [9.17, 15) is 14.7 Å². The molecule has 0 spiro atoms. The first-order chi connectivity index (χ1) is 12.0. The number of aliphatic hydroxyl groups is 1. The minimum absolute atomic E-state index is 0.0411. The zero-order chi connectivity index (χ0) is 18.5. The summed E-state index contributed by atoms with van der Waals surface area (Å²) in [5.41, 5.74) is 0. The van der Waals surface area contributed by atoms with Crippen LogP contribution in [0, 0.1) is 23.7 Å². The van der Waals surface area contributed by atoms with E-state index in [0.717, 1.165) is 25.7 Å². The monoisotopic (exact) mass is 348 g/mol. The Morgan fingerprint density at radius 2 is 2.04 bits per heavy atom. The van der Waals surface area contributed by atoms with Gasteiger partial charge in [-0.2, -0.15) is 0 Å². The molecule has 1 aliphatic rings. The lowest BCUT2D eigenvalue weighted by Crippen LogP contribution is -2.13. The van der Waals surface area contributed by atoms with Gasteiger partial charge in [0.2, 0.25) is 0 Å². The predicted octanol–water partition coefficient (Wildman–Crippen LogP) is 4.12. The minimum atomic E-state index is -0.851. The number of aliphatic hydroxyl groups excluding tert-OH is 1. The molecule has 4 nitrogen and oxygen atoms in total. The van der Waals surface area contributed by atoms with Gasteiger partial charge in [-0.1, -0.05) is 51.2 Å². The lowest BCUT2D eigenvalue weighted by Gasteiger charge is -2.13. The third kappa shape index (κ3) is 9.45. The zero-order valence-electron chi connectivity index (χ0n) is 15.4. The molecule has 1 saturated carbocycles. The summed E-state index contributed by atoms with van der Waals surface area (Å²) in [7, 11) is 0. The Kier molecular flexibility index (Phi) is 10.9. The maximum Gasteiger partial charge on any atom is 0.304 e. The van der Waals surface area contributed by atoms with Gasteiger partial charge in [0.1, 0.15) is 5.78 Å². The number of carbonyl (C=O) groups excluding carboxylic acids is 1. The maximum absolute atomic E-state index is 12.0. The van der Waals surface area contributed by atoms with Gasteiger partial charge in [-0.25, -0.2) is 0 Å². The van der Waals surface area contributed by atoms with Crippen molar-refractivity contribution < 1.29 is 19.8 Å². The standard InChI is InChI=1S/C21H32O4/c1-2-3-4-5-7-10-18(22)15-13-17-14-16-20(23)19(17)11-8-6-9-12-21(24)25/h13,15,17-19,22H,2-5,7,9-12,14,16H2,1H3,(H,24,25). The lowest BCUT2D eigenvalue weighted by atomic mass is 9.91. The Hall–Kier alpha value is -1.60. The van der Waals surface area contributed by atoms with Gasteiger partial charge in [-0.15, -0.1) is 11.8 Å². The summed E-state index contributed by atoms with van der Waals surface area (Å²) in [5.74, 6) is 5.22. The fourth-order valence-electron chi connectivity index (χ4n) is 3.19. The second kappa shape index (κ2) is 12.7. The van der Waals surface area contributed by atoms with Crippen molar-refractivity contribution in [2.24, 2.45) is 11.8 Å². The van der Waals surface area contributed by atoms with E-state index in [4.69, 9.17) is 5.11 Å². The number of ketones is 1. The average molecular weight is 348 g/mol. The van der Waals surface area contributed by atoms with Crippen molar-refractivity contribution in [3.8, 4) is 11.8 Å². The first-order valence-electron chi connectivity index (χ1n) is 9.61. The summed E-state index contributed by atoms with van der Waals surface area (Å²) in [4.78, 5) is 22.5. The van der Waals surface area contributed by atoms with Crippen molar-refractivity contribution in [1.82, 2.24) is 0 Å². The number of carboxylic acid groups (broad SMARTS) is 1. The Morgan fingerprint density at radius 3 is 2.76 bits per heavy atom. The fourth-order valence-corrected chi connectivity index (χ4v) is 3.19. The van der Waals surface area contributed by atoms with Crippen LogP contribution in [0.3, 0.4) is 0 Å². The first kappa shape index (κ1) is 21.4. The van der Waals surface area contributed by atoms with Crippen molar-refractivity contribution in [1.29, 1.82) is 0 Å². The number of hydrogen-bond donors (Lipinski definition) is 2. The highest BCUT2D eigenvalue weighted by Gasteiger charge is 2.32. The molecule has 4 heteroatoms. The first-order valence-corrected chi connectivity index (χ1v) is 9.61. The maximum atomic E-state index is 12.0. The second-order valence-electron chi connectivity index (χ2n) is 6.88. The van der Waals surface area contributed by atoms with Crippen LogP contribution in [0.5, 0.6) is 0 Å². The number of hydrogen-bond acceptors (Lipinski definition) is 3. The third-order valence-corrected chi connectivity index (χ3v) is 4.75.